The predicted octanol–water partition coefficient (Wildman–Crippen LogP) is 3.53. The van der Waals surface area contributed by atoms with E-state index in [-0.39, 0.29) is 12.3 Å². The SMILES string of the molecule is CC(C)(C)OC(=O)NC12CCC(C(=O)Nc3ccc(OC(F)(F)F)nc3)(CC1)OC2. The van der Waals surface area contributed by atoms with Gasteiger partial charge in [-0.15, -0.1) is 13.2 Å². The Hall–Kier alpha value is -2.56. The lowest BCUT2D eigenvalue weighted by Gasteiger charge is -2.51. The summed E-state index contributed by atoms with van der Waals surface area (Å²) in [6, 6.07) is 2.28. The largest absolute Gasteiger partial charge is 0.574 e. The highest BCUT2D eigenvalue weighted by atomic mass is 19.4. The fraction of sp³-hybridized carbons (Fsp3) is 0.632. The molecule has 3 aliphatic rings. The molecule has 2 N–H and O–H groups in total. The summed E-state index contributed by atoms with van der Waals surface area (Å²) in [5, 5.41) is 5.50. The lowest BCUT2D eigenvalue weighted by atomic mass is 9.70. The van der Waals surface area contributed by atoms with Gasteiger partial charge in [-0.25, -0.2) is 9.78 Å². The molecule has 2 saturated heterocycles. The van der Waals surface area contributed by atoms with Gasteiger partial charge < -0.3 is 24.8 Å². The van der Waals surface area contributed by atoms with Crippen molar-refractivity contribution in [2.24, 2.45) is 0 Å². The Bertz CT molecular complexity index is 781. The van der Waals surface area contributed by atoms with Crippen LogP contribution in [0.4, 0.5) is 23.7 Å². The van der Waals surface area contributed by atoms with Crippen LogP contribution >= 0.6 is 0 Å². The van der Waals surface area contributed by atoms with Crippen molar-refractivity contribution in [3.63, 3.8) is 0 Å². The molecule has 0 atom stereocenters. The number of anilines is 1. The zero-order valence-corrected chi connectivity index (χ0v) is 16.9. The van der Waals surface area contributed by atoms with E-state index in [4.69, 9.17) is 9.47 Å². The summed E-state index contributed by atoms with van der Waals surface area (Å²) in [5.41, 5.74) is -2.04. The van der Waals surface area contributed by atoms with E-state index in [1.165, 1.54) is 6.07 Å². The minimum Gasteiger partial charge on any atom is -0.444 e. The molecule has 2 aliphatic heterocycles. The van der Waals surface area contributed by atoms with Crippen LogP contribution in [0.5, 0.6) is 5.88 Å². The van der Waals surface area contributed by atoms with Crippen molar-refractivity contribution in [1.29, 1.82) is 0 Å². The molecule has 166 valence electrons. The van der Waals surface area contributed by atoms with Gasteiger partial charge in [0.1, 0.15) is 11.2 Å². The Morgan fingerprint density at radius 3 is 2.27 bits per heavy atom. The van der Waals surface area contributed by atoms with Crippen molar-refractivity contribution < 1.29 is 37.0 Å². The Morgan fingerprint density at radius 2 is 1.80 bits per heavy atom. The van der Waals surface area contributed by atoms with E-state index in [9.17, 15) is 22.8 Å². The molecule has 2 bridgehead atoms. The normalized spacial score (nSPS) is 26.1. The van der Waals surface area contributed by atoms with Crippen molar-refractivity contribution in [2.45, 2.75) is 69.6 Å². The Morgan fingerprint density at radius 1 is 1.13 bits per heavy atom. The number of fused-ring (bicyclic) bond motifs is 3. The minimum absolute atomic E-state index is 0.163. The molecule has 0 spiro atoms. The molecule has 8 nitrogen and oxygen atoms in total. The van der Waals surface area contributed by atoms with Crippen LogP contribution in [0.3, 0.4) is 0 Å². The maximum absolute atomic E-state index is 12.8. The molecule has 0 unspecified atom stereocenters. The number of carbonyl (C=O) groups excluding carboxylic acids is 2. The molecule has 30 heavy (non-hydrogen) atoms. The van der Waals surface area contributed by atoms with Gasteiger partial charge in [0.2, 0.25) is 5.88 Å². The number of hydrogen-bond acceptors (Lipinski definition) is 6. The molecule has 1 aromatic heterocycles. The number of alkyl halides is 3. The van der Waals surface area contributed by atoms with Gasteiger partial charge in [-0.1, -0.05) is 0 Å². The third-order valence-electron chi connectivity index (χ3n) is 5.03. The van der Waals surface area contributed by atoms with E-state index in [0.29, 0.717) is 25.7 Å². The molecule has 2 amide bonds. The number of nitrogens with one attached hydrogen (secondary N) is 2. The Kier molecular flexibility index (Phi) is 5.61. The monoisotopic (exact) mass is 431 g/mol. The van der Waals surface area contributed by atoms with Crippen molar-refractivity contribution in [2.75, 3.05) is 11.9 Å². The number of pyridine rings is 1. The van der Waals surface area contributed by atoms with Gasteiger partial charge >= 0.3 is 12.5 Å². The van der Waals surface area contributed by atoms with Crippen LogP contribution in [0, 0.1) is 0 Å². The second-order valence-electron chi connectivity index (χ2n) is 8.58. The highest BCUT2D eigenvalue weighted by molar-refractivity contribution is 5.97. The number of aromatic nitrogens is 1. The van der Waals surface area contributed by atoms with E-state index in [1.54, 1.807) is 20.8 Å². The maximum atomic E-state index is 12.8. The molecular formula is C19H24F3N3O5. The van der Waals surface area contributed by atoms with Gasteiger partial charge in [0.05, 0.1) is 24.0 Å². The average Bonchev–Trinajstić information content (AvgIpc) is 2.61. The summed E-state index contributed by atoms with van der Waals surface area (Å²) in [4.78, 5) is 28.4. The van der Waals surface area contributed by atoms with Crippen molar-refractivity contribution in [3.05, 3.63) is 18.3 Å². The molecule has 11 heteroatoms. The standard InChI is InChI=1S/C19H24F3N3O5/c1-16(2,3)30-15(27)25-17-6-8-18(9-7-17,28-11-17)14(26)24-12-4-5-13(23-10-12)29-19(20,21)22/h4-5,10H,6-9,11H2,1-3H3,(H,24,26)(H,25,27). The smallest absolute Gasteiger partial charge is 0.444 e. The van der Waals surface area contributed by atoms with E-state index < -0.39 is 41.0 Å². The summed E-state index contributed by atoms with van der Waals surface area (Å²) in [6.07, 6.45) is -2.44. The van der Waals surface area contributed by atoms with Crippen LogP contribution in [0.2, 0.25) is 0 Å². The van der Waals surface area contributed by atoms with Crippen LogP contribution < -0.4 is 15.4 Å². The van der Waals surface area contributed by atoms with Gasteiger partial charge in [0.25, 0.3) is 5.91 Å². The van der Waals surface area contributed by atoms with Crippen molar-refractivity contribution in [3.8, 4) is 5.88 Å². The topological polar surface area (TPSA) is 98.8 Å². The molecule has 0 radical (unpaired) electrons. The maximum Gasteiger partial charge on any atom is 0.574 e. The van der Waals surface area contributed by atoms with Gasteiger partial charge in [-0.3, -0.25) is 4.79 Å². The zero-order valence-electron chi connectivity index (χ0n) is 16.9. The number of rotatable bonds is 4. The first kappa shape index (κ1) is 22.1. The van der Waals surface area contributed by atoms with Gasteiger partial charge in [-0.05, 0) is 52.5 Å². The van der Waals surface area contributed by atoms with Crippen molar-refractivity contribution in [1.82, 2.24) is 10.3 Å². The molecular weight excluding hydrogens is 407 g/mol. The number of alkyl carbamates (subject to hydrolysis) is 1. The molecule has 4 rings (SSSR count). The number of halogens is 3. The van der Waals surface area contributed by atoms with Crippen LogP contribution in [0.15, 0.2) is 18.3 Å². The van der Waals surface area contributed by atoms with Crippen LogP contribution in [0.25, 0.3) is 0 Å². The highest BCUT2D eigenvalue weighted by Gasteiger charge is 2.54. The number of carbonyl (C=O) groups is 2. The fourth-order valence-corrected chi connectivity index (χ4v) is 3.55. The predicted molar refractivity (Wildman–Crippen MR) is 98.8 cm³/mol. The lowest BCUT2D eigenvalue weighted by molar-refractivity contribution is -0.276. The molecule has 3 fully saturated rings. The van der Waals surface area contributed by atoms with Crippen LogP contribution in [-0.2, 0) is 14.3 Å². The second kappa shape index (κ2) is 7.60. The molecule has 1 aliphatic carbocycles. The van der Waals surface area contributed by atoms with Gasteiger partial charge in [0, 0.05) is 6.07 Å². The first-order valence-electron chi connectivity index (χ1n) is 9.48. The van der Waals surface area contributed by atoms with E-state index in [1.807, 2.05) is 0 Å². The number of ether oxygens (including phenoxy) is 3. The Labute approximate surface area is 171 Å². The fourth-order valence-electron chi connectivity index (χ4n) is 3.55. The minimum atomic E-state index is -4.84. The van der Waals surface area contributed by atoms with Crippen LogP contribution in [0.1, 0.15) is 46.5 Å². The molecule has 3 heterocycles. The Balaban J connectivity index is 1.57. The molecule has 1 saturated carbocycles. The number of hydrogen-bond donors (Lipinski definition) is 2. The highest BCUT2D eigenvalue weighted by Crippen LogP contribution is 2.44. The zero-order chi connectivity index (χ0) is 22.2. The summed E-state index contributed by atoms with van der Waals surface area (Å²) < 4.78 is 51.5. The third kappa shape index (κ3) is 5.32. The van der Waals surface area contributed by atoms with Crippen molar-refractivity contribution >= 4 is 17.7 Å². The number of amides is 2. The summed E-state index contributed by atoms with van der Waals surface area (Å²) in [7, 11) is 0. The second-order valence-corrected chi connectivity index (χ2v) is 8.58. The molecule has 0 aromatic carbocycles. The average molecular weight is 431 g/mol. The number of nitrogens with zero attached hydrogens (tertiary/aromatic N) is 1. The summed E-state index contributed by atoms with van der Waals surface area (Å²) in [5.74, 6) is -1.03. The molecule has 1 aromatic rings. The quantitative estimate of drug-likeness (QED) is 0.757. The first-order chi connectivity index (χ1) is 13.8. The van der Waals surface area contributed by atoms with E-state index >= 15 is 0 Å². The van der Waals surface area contributed by atoms with E-state index in [0.717, 1.165) is 12.3 Å². The third-order valence-corrected chi connectivity index (χ3v) is 5.03. The van der Waals surface area contributed by atoms with Crippen LogP contribution in [-0.4, -0.2) is 46.7 Å². The summed E-state index contributed by atoms with van der Waals surface area (Å²) >= 11 is 0. The first-order valence-corrected chi connectivity index (χ1v) is 9.48. The summed E-state index contributed by atoms with van der Waals surface area (Å²) in [6.45, 7) is 5.48. The lowest BCUT2D eigenvalue weighted by Crippen LogP contribution is -2.66. The van der Waals surface area contributed by atoms with E-state index in [2.05, 4.69) is 20.4 Å². The van der Waals surface area contributed by atoms with Gasteiger partial charge in [0.15, 0.2) is 0 Å². The van der Waals surface area contributed by atoms with Gasteiger partial charge in [-0.2, -0.15) is 0 Å².